The molecule has 1 radical (unpaired) electrons. The van der Waals surface area contributed by atoms with Crippen LogP contribution in [0.1, 0.15) is 25.3 Å². The van der Waals surface area contributed by atoms with E-state index in [0.29, 0.717) is 0 Å². The first-order valence-corrected chi connectivity index (χ1v) is 4.19. The van der Waals surface area contributed by atoms with Crippen LogP contribution >= 0.6 is 0 Å². The summed E-state index contributed by atoms with van der Waals surface area (Å²) in [6, 6.07) is 12.1. The molecule has 0 N–H and O–H groups in total. The normalized spacial score (nSPS) is 9.75. The highest BCUT2D eigenvalue weighted by atomic mass is 14.3. The van der Waals surface area contributed by atoms with Gasteiger partial charge >= 0.3 is 0 Å². The van der Waals surface area contributed by atoms with Gasteiger partial charge in [0.05, 0.1) is 6.07 Å². The fourth-order valence-electron chi connectivity index (χ4n) is 1.15. The van der Waals surface area contributed by atoms with Gasteiger partial charge in [-0.3, -0.25) is 0 Å². The van der Waals surface area contributed by atoms with Crippen LogP contribution in [-0.4, -0.2) is 0 Å². The van der Waals surface area contributed by atoms with Crippen LogP contribution in [-0.2, 0) is 0 Å². The highest BCUT2D eigenvalue weighted by molar-refractivity contribution is 5.38. The minimum atomic E-state index is 0.876. The van der Waals surface area contributed by atoms with Crippen molar-refractivity contribution in [1.82, 2.24) is 0 Å². The second kappa shape index (κ2) is 4.56. The number of nitriles is 1. The third kappa shape index (κ3) is 2.10. The summed E-state index contributed by atoms with van der Waals surface area (Å²) in [5.74, 6) is 0.887. The van der Waals surface area contributed by atoms with E-state index in [1.54, 1.807) is 0 Å². The van der Waals surface area contributed by atoms with E-state index >= 15 is 0 Å². The van der Waals surface area contributed by atoms with Gasteiger partial charge in [0.2, 0.25) is 0 Å². The molecule has 0 bridgehead atoms. The Kier molecular flexibility index (Phi) is 3.35. The molecule has 1 aromatic carbocycles. The molecule has 0 aliphatic rings. The predicted octanol–water partition coefficient (Wildman–Crippen LogP) is 2.93. The maximum atomic E-state index is 8.82. The number of hydrogen-bond acceptors (Lipinski definition) is 1. The Hall–Kier alpha value is -1.29. The van der Waals surface area contributed by atoms with Crippen molar-refractivity contribution in [2.75, 3.05) is 0 Å². The van der Waals surface area contributed by atoms with Crippen LogP contribution in [0.15, 0.2) is 30.3 Å². The lowest BCUT2D eigenvalue weighted by Gasteiger charge is -2.05. The molecule has 0 aromatic heterocycles. The average Bonchev–Trinajstić information content (AvgIpc) is 2.15. The maximum Gasteiger partial charge on any atom is 0.105 e. The molecule has 0 aliphatic heterocycles. The van der Waals surface area contributed by atoms with E-state index in [9.17, 15) is 0 Å². The van der Waals surface area contributed by atoms with Crippen LogP contribution in [0.5, 0.6) is 0 Å². The van der Waals surface area contributed by atoms with Crippen molar-refractivity contribution in [3.05, 3.63) is 41.8 Å². The summed E-state index contributed by atoms with van der Waals surface area (Å²) in [4.78, 5) is 0. The van der Waals surface area contributed by atoms with Crippen LogP contribution in [0.25, 0.3) is 0 Å². The van der Waals surface area contributed by atoms with Gasteiger partial charge in [-0.25, -0.2) is 0 Å². The molecular formula is C11H12N. The highest BCUT2D eigenvalue weighted by Gasteiger charge is 2.08. The van der Waals surface area contributed by atoms with Crippen LogP contribution < -0.4 is 0 Å². The first-order valence-electron chi connectivity index (χ1n) is 4.19. The van der Waals surface area contributed by atoms with Crippen molar-refractivity contribution >= 4 is 0 Å². The zero-order valence-corrected chi connectivity index (χ0v) is 7.25. The molecule has 1 rings (SSSR count). The summed E-state index contributed by atoms with van der Waals surface area (Å²) in [6.45, 7) is 2.08. The SMILES string of the molecule is CCC[C](C#N)c1ccccc1. The monoisotopic (exact) mass is 158 g/mol. The van der Waals surface area contributed by atoms with Crippen LogP contribution in [0.2, 0.25) is 0 Å². The summed E-state index contributed by atoms with van der Waals surface area (Å²) in [5.41, 5.74) is 1.06. The third-order valence-corrected chi connectivity index (χ3v) is 1.76. The van der Waals surface area contributed by atoms with E-state index in [4.69, 9.17) is 5.26 Å². The fraction of sp³-hybridized carbons (Fsp3) is 0.273. The first kappa shape index (κ1) is 8.80. The first-order chi connectivity index (χ1) is 5.88. The molecule has 0 saturated carbocycles. The van der Waals surface area contributed by atoms with Crippen molar-refractivity contribution < 1.29 is 0 Å². The molecule has 1 aromatic rings. The van der Waals surface area contributed by atoms with Gasteiger partial charge in [-0.2, -0.15) is 5.26 Å². The van der Waals surface area contributed by atoms with Gasteiger partial charge < -0.3 is 0 Å². The Balaban J connectivity index is 2.75. The molecule has 0 heterocycles. The van der Waals surface area contributed by atoms with Gasteiger partial charge in [0.25, 0.3) is 0 Å². The molecule has 0 saturated heterocycles. The lowest BCUT2D eigenvalue weighted by Crippen LogP contribution is -1.94. The molecule has 1 heteroatoms. The van der Waals surface area contributed by atoms with Crippen molar-refractivity contribution in [3.63, 3.8) is 0 Å². The second-order valence-electron chi connectivity index (χ2n) is 2.71. The number of hydrogen-bond donors (Lipinski definition) is 0. The standard InChI is InChI=1S/C11H12N/c1-2-6-11(9-12)10-7-4-3-5-8-10/h3-5,7-8H,2,6H2,1H3. The summed E-state index contributed by atoms with van der Waals surface area (Å²) in [5, 5.41) is 8.82. The molecule has 0 amide bonds. The third-order valence-electron chi connectivity index (χ3n) is 1.76. The maximum absolute atomic E-state index is 8.82. The van der Waals surface area contributed by atoms with Gasteiger partial charge in [-0.05, 0) is 12.0 Å². The Morgan fingerprint density at radius 3 is 2.50 bits per heavy atom. The largest absolute Gasteiger partial charge is 0.197 e. The summed E-state index contributed by atoms with van der Waals surface area (Å²) < 4.78 is 0. The van der Waals surface area contributed by atoms with E-state index in [0.717, 1.165) is 24.3 Å². The number of rotatable bonds is 3. The van der Waals surface area contributed by atoms with Crippen molar-refractivity contribution in [2.24, 2.45) is 0 Å². The summed E-state index contributed by atoms with van der Waals surface area (Å²) in [7, 11) is 0. The Labute approximate surface area is 73.6 Å². The van der Waals surface area contributed by atoms with Gasteiger partial charge in [-0.1, -0.05) is 43.7 Å². The number of nitrogens with zero attached hydrogens (tertiary/aromatic N) is 1. The van der Waals surface area contributed by atoms with E-state index in [1.807, 2.05) is 30.3 Å². The van der Waals surface area contributed by atoms with Crippen LogP contribution in [0, 0.1) is 17.2 Å². The Morgan fingerprint density at radius 2 is 2.00 bits per heavy atom. The van der Waals surface area contributed by atoms with Gasteiger partial charge in [0, 0.05) is 0 Å². The molecule has 1 nitrogen and oxygen atoms in total. The van der Waals surface area contributed by atoms with Gasteiger partial charge in [-0.15, -0.1) is 0 Å². The molecule has 0 unspecified atom stereocenters. The Bertz CT molecular complexity index is 258. The molecular weight excluding hydrogens is 146 g/mol. The zero-order valence-electron chi connectivity index (χ0n) is 7.25. The molecule has 0 fully saturated rings. The predicted molar refractivity (Wildman–Crippen MR) is 49.3 cm³/mol. The quantitative estimate of drug-likeness (QED) is 0.663. The molecule has 12 heavy (non-hydrogen) atoms. The smallest absolute Gasteiger partial charge is 0.105 e. The van der Waals surface area contributed by atoms with E-state index < -0.39 is 0 Å². The zero-order chi connectivity index (χ0) is 8.81. The van der Waals surface area contributed by atoms with Crippen LogP contribution in [0.4, 0.5) is 0 Å². The summed E-state index contributed by atoms with van der Waals surface area (Å²) in [6.07, 6.45) is 1.90. The van der Waals surface area contributed by atoms with Crippen molar-refractivity contribution in [1.29, 1.82) is 5.26 Å². The lowest BCUT2D eigenvalue weighted by molar-refractivity contribution is 0.866. The topological polar surface area (TPSA) is 23.8 Å². The van der Waals surface area contributed by atoms with E-state index in [1.165, 1.54) is 0 Å². The molecule has 0 spiro atoms. The van der Waals surface area contributed by atoms with Gasteiger partial charge in [0.15, 0.2) is 0 Å². The van der Waals surface area contributed by atoms with E-state index in [-0.39, 0.29) is 0 Å². The average molecular weight is 158 g/mol. The second-order valence-corrected chi connectivity index (χ2v) is 2.71. The van der Waals surface area contributed by atoms with Gasteiger partial charge in [0.1, 0.15) is 5.92 Å². The van der Waals surface area contributed by atoms with Crippen LogP contribution in [0.3, 0.4) is 0 Å². The number of benzene rings is 1. The molecule has 0 aliphatic carbocycles. The summed E-state index contributed by atoms with van der Waals surface area (Å²) >= 11 is 0. The van der Waals surface area contributed by atoms with E-state index in [2.05, 4.69) is 13.0 Å². The van der Waals surface area contributed by atoms with Crippen molar-refractivity contribution in [3.8, 4) is 6.07 Å². The molecule has 0 atom stereocenters. The Morgan fingerprint density at radius 1 is 1.33 bits per heavy atom. The fourth-order valence-corrected chi connectivity index (χ4v) is 1.15. The molecule has 61 valence electrons. The highest BCUT2D eigenvalue weighted by Crippen LogP contribution is 2.18. The van der Waals surface area contributed by atoms with Crippen molar-refractivity contribution in [2.45, 2.75) is 19.8 Å². The minimum absolute atomic E-state index is 0.876. The minimum Gasteiger partial charge on any atom is -0.197 e. The lowest BCUT2D eigenvalue weighted by atomic mass is 9.96.